The van der Waals surface area contributed by atoms with Gasteiger partial charge < -0.3 is 10.1 Å². The molecule has 5 heteroatoms. The zero-order valence-electron chi connectivity index (χ0n) is 11.1. The van der Waals surface area contributed by atoms with Crippen LogP contribution in [0.2, 0.25) is 5.02 Å². The molecule has 0 unspecified atom stereocenters. The molecule has 3 nitrogen and oxygen atoms in total. The number of ether oxygens (including phenoxy) is 1. The number of nitrogens with one attached hydrogen (secondary N) is 1. The zero-order chi connectivity index (χ0) is 13.1. The van der Waals surface area contributed by atoms with Crippen LogP contribution in [0.5, 0.6) is 0 Å². The standard InChI is InChI=1S/C14H21ClN2OS/c15-12-3-10-19-14(12)13(11-1-8-18-9-2-11)17-6-4-16-5-7-17/h3,10-11,13,16H,1-2,4-9H2/t13-/m0/s1. The molecular formula is C14H21ClN2OS. The van der Waals surface area contributed by atoms with Crippen LogP contribution in [0.15, 0.2) is 11.4 Å². The molecule has 1 aromatic rings. The monoisotopic (exact) mass is 300 g/mol. The van der Waals surface area contributed by atoms with E-state index < -0.39 is 0 Å². The smallest absolute Gasteiger partial charge is 0.0561 e. The number of thiophene rings is 1. The van der Waals surface area contributed by atoms with Gasteiger partial charge in [-0.05, 0) is 30.2 Å². The van der Waals surface area contributed by atoms with E-state index in [1.165, 1.54) is 4.88 Å². The lowest BCUT2D eigenvalue weighted by Crippen LogP contribution is -2.47. The van der Waals surface area contributed by atoms with Crippen molar-refractivity contribution in [1.82, 2.24) is 10.2 Å². The minimum absolute atomic E-state index is 0.485. The summed E-state index contributed by atoms with van der Waals surface area (Å²) in [5.74, 6) is 0.683. The van der Waals surface area contributed by atoms with Crippen molar-refractivity contribution in [2.75, 3.05) is 39.4 Å². The summed E-state index contributed by atoms with van der Waals surface area (Å²) in [6.45, 7) is 6.21. The van der Waals surface area contributed by atoms with Gasteiger partial charge in [0.1, 0.15) is 0 Å². The Balaban J connectivity index is 1.83. The molecule has 2 aliphatic heterocycles. The van der Waals surface area contributed by atoms with Crippen LogP contribution in [0.4, 0.5) is 0 Å². The molecule has 0 amide bonds. The van der Waals surface area contributed by atoms with E-state index in [0.717, 1.165) is 57.3 Å². The summed E-state index contributed by atoms with van der Waals surface area (Å²) < 4.78 is 5.52. The van der Waals surface area contributed by atoms with Crippen molar-refractivity contribution in [3.8, 4) is 0 Å². The van der Waals surface area contributed by atoms with Gasteiger partial charge in [-0.25, -0.2) is 0 Å². The Bertz CT molecular complexity index is 382. The molecule has 0 saturated carbocycles. The van der Waals surface area contributed by atoms with Crippen LogP contribution in [0.1, 0.15) is 23.8 Å². The van der Waals surface area contributed by atoms with Crippen LogP contribution in [0.3, 0.4) is 0 Å². The third-order valence-corrected chi connectivity index (χ3v) is 5.60. The summed E-state index contributed by atoms with van der Waals surface area (Å²) in [5, 5.41) is 6.50. The number of hydrogen-bond acceptors (Lipinski definition) is 4. The molecule has 1 aromatic heterocycles. The van der Waals surface area contributed by atoms with Crippen molar-refractivity contribution < 1.29 is 4.74 Å². The Hall–Kier alpha value is -0.130. The molecule has 3 heterocycles. The largest absolute Gasteiger partial charge is 0.381 e. The Labute approximate surface area is 123 Å². The first-order chi connectivity index (χ1) is 9.36. The molecule has 0 spiro atoms. The number of nitrogens with zero attached hydrogens (tertiary/aromatic N) is 1. The lowest BCUT2D eigenvalue weighted by molar-refractivity contribution is 0.0223. The quantitative estimate of drug-likeness (QED) is 0.929. The van der Waals surface area contributed by atoms with Gasteiger partial charge in [0, 0.05) is 50.3 Å². The maximum Gasteiger partial charge on any atom is 0.0561 e. The lowest BCUT2D eigenvalue weighted by atomic mass is 9.89. The number of rotatable bonds is 3. The molecule has 1 atom stereocenters. The van der Waals surface area contributed by atoms with Crippen LogP contribution >= 0.6 is 22.9 Å². The van der Waals surface area contributed by atoms with Crippen molar-refractivity contribution in [3.05, 3.63) is 21.3 Å². The Kier molecular flexibility index (Phi) is 4.77. The molecule has 0 radical (unpaired) electrons. The Morgan fingerprint density at radius 2 is 2.05 bits per heavy atom. The van der Waals surface area contributed by atoms with Gasteiger partial charge in [-0.2, -0.15) is 0 Å². The van der Waals surface area contributed by atoms with E-state index in [1.54, 1.807) is 0 Å². The van der Waals surface area contributed by atoms with Gasteiger partial charge >= 0.3 is 0 Å². The second kappa shape index (κ2) is 6.55. The molecule has 106 valence electrons. The molecule has 0 aliphatic carbocycles. The van der Waals surface area contributed by atoms with Crippen LogP contribution < -0.4 is 5.32 Å². The minimum Gasteiger partial charge on any atom is -0.381 e. The maximum atomic E-state index is 6.41. The van der Waals surface area contributed by atoms with E-state index in [9.17, 15) is 0 Å². The van der Waals surface area contributed by atoms with Crippen molar-refractivity contribution in [3.63, 3.8) is 0 Å². The van der Waals surface area contributed by atoms with E-state index in [4.69, 9.17) is 16.3 Å². The van der Waals surface area contributed by atoms with Gasteiger partial charge in [-0.3, -0.25) is 4.90 Å². The van der Waals surface area contributed by atoms with E-state index in [-0.39, 0.29) is 0 Å². The predicted octanol–water partition coefficient (Wildman–Crippen LogP) is 2.77. The van der Waals surface area contributed by atoms with Crippen molar-refractivity contribution in [1.29, 1.82) is 0 Å². The summed E-state index contributed by atoms with van der Waals surface area (Å²) in [6, 6.07) is 2.52. The number of piperazine rings is 1. The number of halogens is 1. The average Bonchev–Trinajstić information content (AvgIpc) is 2.88. The first-order valence-corrected chi connectivity index (χ1v) is 8.37. The highest BCUT2D eigenvalue weighted by molar-refractivity contribution is 7.10. The molecule has 3 rings (SSSR count). The molecule has 19 heavy (non-hydrogen) atoms. The molecule has 0 aromatic carbocycles. The fraction of sp³-hybridized carbons (Fsp3) is 0.714. The van der Waals surface area contributed by atoms with E-state index in [1.807, 2.05) is 17.4 Å². The van der Waals surface area contributed by atoms with Gasteiger partial charge in [0.25, 0.3) is 0 Å². The summed E-state index contributed by atoms with van der Waals surface area (Å²) in [6.07, 6.45) is 2.31. The zero-order valence-corrected chi connectivity index (χ0v) is 12.7. The van der Waals surface area contributed by atoms with Crippen LogP contribution in [-0.4, -0.2) is 44.3 Å². The van der Waals surface area contributed by atoms with Gasteiger partial charge in [-0.15, -0.1) is 11.3 Å². The maximum absolute atomic E-state index is 6.41. The average molecular weight is 301 g/mol. The third-order valence-electron chi connectivity index (χ3n) is 4.17. The molecule has 2 fully saturated rings. The highest BCUT2D eigenvalue weighted by Crippen LogP contribution is 2.41. The summed E-state index contributed by atoms with van der Waals surface area (Å²) in [7, 11) is 0. The van der Waals surface area contributed by atoms with Crippen LogP contribution in [0, 0.1) is 5.92 Å². The highest BCUT2D eigenvalue weighted by Gasteiger charge is 2.33. The highest BCUT2D eigenvalue weighted by atomic mass is 35.5. The van der Waals surface area contributed by atoms with Gasteiger partial charge in [0.15, 0.2) is 0 Å². The van der Waals surface area contributed by atoms with Crippen molar-refractivity contribution >= 4 is 22.9 Å². The van der Waals surface area contributed by atoms with Crippen LogP contribution in [-0.2, 0) is 4.74 Å². The molecule has 2 aliphatic rings. The topological polar surface area (TPSA) is 24.5 Å². The molecular weight excluding hydrogens is 280 g/mol. The fourth-order valence-corrected chi connectivity index (χ4v) is 4.58. The van der Waals surface area contributed by atoms with Crippen LogP contribution in [0.25, 0.3) is 0 Å². The molecule has 1 N–H and O–H groups in total. The minimum atomic E-state index is 0.485. The fourth-order valence-electron chi connectivity index (χ4n) is 3.19. The van der Waals surface area contributed by atoms with Gasteiger partial charge in [0.2, 0.25) is 0 Å². The predicted molar refractivity (Wildman–Crippen MR) is 80.1 cm³/mol. The third kappa shape index (κ3) is 3.14. The second-order valence-electron chi connectivity index (χ2n) is 5.31. The molecule has 0 bridgehead atoms. The van der Waals surface area contributed by atoms with E-state index >= 15 is 0 Å². The summed E-state index contributed by atoms with van der Waals surface area (Å²) in [4.78, 5) is 3.97. The Morgan fingerprint density at radius 3 is 2.68 bits per heavy atom. The van der Waals surface area contributed by atoms with Gasteiger partial charge in [0.05, 0.1) is 5.02 Å². The first kappa shape index (κ1) is 13.8. The second-order valence-corrected chi connectivity index (χ2v) is 6.67. The number of hydrogen-bond donors (Lipinski definition) is 1. The normalized spacial score (nSPS) is 24.5. The first-order valence-electron chi connectivity index (χ1n) is 7.11. The van der Waals surface area contributed by atoms with E-state index in [0.29, 0.717) is 12.0 Å². The van der Waals surface area contributed by atoms with Gasteiger partial charge in [-0.1, -0.05) is 11.6 Å². The SMILES string of the molecule is Clc1ccsc1[C@H](C1CCOCC1)N1CCNCC1. The summed E-state index contributed by atoms with van der Waals surface area (Å²) >= 11 is 8.22. The van der Waals surface area contributed by atoms with Crippen molar-refractivity contribution in [2.45, 2.75) is 18.9 Å². The van der Waals surface area contributed by atoms with E-state index in [2.05, 4.69) is 15.6 Å². The Morgan fingerprint density at radius 1 is 1.32 bits per heavy atom. The summed E-state index contributed by atoms with van der Waals surface area (Å²) in [5.41, 5.74) is 0. The molecule has 2 saturated heterocycles. The van der Waals surface area contributed by atoms with Crippen molar-refractivity contribution in [2.24, 2.45) is 5.92 Å². The lowest BCUT2D eigenvalue weighted by Gasteiger charge is -2.40.